The summed E-state index contributed by atoms with van der Waals surface area (Å²) in [7, 11) is 1.26. The molecular weight excluding hydrogens is 470 g/mol. The SMILES string of the molecule is COC(=O)c1cccc(CNC(=O)c2nc3cc(C)c(C)cc3n(CC(O)C(O)C(O)CO)c2=O)c1. The Morgan fingerprint density at radius 3 is 2.44 bits per heavy atom. The molecule has 11 heteroatoms. The van der Waals surface area contributed by atoms with Crippen LogP contribution >= 0.6 is 0 Å². The number of nitrogens with one attached hydrogen (secondary N) is 1. The molecule has 1 amide bonds. The largest absolute Gasteiger partial charge is 0.465 e. The van der Waals surface area contributed by atoms with Crippen LogP contribution in [0.3, 0.4) is 0 Å². The number of carbonyl (C=O) groups is 2. The van der Waals surface area contributed by atoms with Crippen LogP contribution in [0.5, 0.6) is 0 Å². The molecule has 192 valence electrons. The lowest BCUT2D eigenvalue weighted by molar-refractivity contribution is -0.0805. The Kier molecular flexibility index (Phi) is 8.53. The highest BCUT2D eigenvalue weighted by Gasteiger charge is 2.27. The maximum absolute atomic E-state index is 13.3. The first-order valence-electron chi connectivity index (χ1n) is 11.2. The van der Waals surface area contributed by atoms with Gasteiger partial charge in [0.2, 0.25) is 0 Å². The number of aromatic nitrogens is 2. The first kappa shape index (κ1) is 27.0. The summed E-state index contributed by atoms with van der Waals surface area (Å²) in [6.07, 6.45) is -4.96. The molecule has 11 nitrogen and oxygen atoms in total. The number of aliphatic hydroxyl groups is 4. The van der Waals surface area contributed by atoms with Crippen molar-refractivity contribution in [3.05, 3.63) is 74.7 Å². The summed E-state index contributed by atoms with van der Waals surface area (Å²) in [5.74, 6) is -1.30. The van der Waals surface area contributed by atoms with E-state index < -0.39 is 54.6 Å². The Morgan fingerprint density at radius 1 is 1.08 bits per heavy atom. The molecule has 0 radical (unpaired) electrons. The van der Waals surface area contributed by atoms with Gasteiger partial charge in [0.1, 0.15) is 18.3 Å². The molecule has 3 rings (SSSR count). The standard InChI is InChI=1S/C25H29N3O8/c1-13-7-17-18(8-14(13)2)28(11-19(30)22(32)20(31)12-29)24(34)21(27-17)23(33)26-10-15-5-4-6-16(9-15)25(35)36-3/h4-9,19-20,22,29-32H,10-12H2,1-3H3,(H,26,33). The van der Waals surface area contributed by atoms with E-state index in [1.54, 1.807) is 36.4 Å². The van der Waals surface area contributed by atoms with Crippen molar-refractivity contribution in [2.24, 2.45) is 0 Å². The van der Waals surface area contributed by atoms with E-state index in [2.05, 4.69) is 10.3 Å². The minimum Gasteiger partial charge on any atom is -0.465 e. The molecule has 0 bridgehead atoms. The molecule has 0 saturated heterocycles. The predicted octanol–water partition coefficient (Wildman–Crippen LogP) is -0.195. The van der Waals surface area contributed by atoms with E-state index >= 15 is 0 Å². The number of carbonyl (C=O) groups excluding carboxylic acids is 2. The lowest BCUT2D eigenvalue weighted by atomic mass is 10.1. The molecule has 0 saturated carbocycles. The zero-order valence-corrected chi connectivity index (χ0v) is 20.1. The number of rotatable bonds is 9. The Hall–Kier alpha value is -3.64. The predicted molar refractivity (Wildman–Crippen MR) is 130 cm³/mol. The summed E-state index contributed by atoms with van der Waals surface area (Å²) in [6.45, 7) is 2.43. The van der Waals surface area contributed by atoms with E-state index in [0.29, 0.717) is 22.2 Å². The highest BCUT2D eigenvalue weighted by Crippen LogP contribution is 2.18. The van der Waals surface area contributed by atoms with E-state index in [1.807, 2.05) is 13.8 Å². The molecule has 1 aromatic heterocycles. The van der Waals surface area contributed by atoms with Crippen molar-refractivity contribution in [3.63, 3.8) is 0 Å². The number of methoxy groups -OCH3 is 1. The Bertz CT molecular complexity index is 1340. The zero-order valence-electron chi connectivity index (χ0n) is 20.1. The van der Waals surface area contributed by atoms with Crippen LogP contribution in [-0.4, -0.2) is 73.9 Å². The molecule has 3 unspecified atom stereocenters. The third-order valence-electron chi connectivity index (χ3n) is 5.92. The van der Waals surface area contributed by atoms with E-state index in [9.17, 15) is 29.7 Å². The van der Waals surface area contributed by atoms with Crippen LogP contribution in [0.4, 0.5) is 0 Å². The van der Waals surface area contributed by atoms with Crippen LogP contribution in [-0.2, 0) is 17.8 Å². The van der Waals surface area contributed by atoms with E-state index in [-0.39, 0.29) is 6.54 Å². The maximum Gasteiger partial charge on any atom is 0.337 e. The molecule has 2 aromatic carbocycles. The van der Waals surface area contributed by atoms with Crippen molar-refractivity contribution >= 4 is 22.9 Å². The first-order chi connectivity index (χ1) is 17.1. The van der Waals surface area contributed by atoms with Gasteiger partial charge in [-0.2, -0.15) is 0 Å². The van der Waals surface area contributed by atoms with Crippen LogP contribution in [0.15, 0.2) is 41.2 Å². The Labute approximate surface area is 206 Å². The molecule has 0 aliphatic heterocycles. The second kappa shape index (κ2) is 11.4. The minimum absolute atomic E-state index is 0.000216. The number of esters is 1. The number of hydrogen-bond donors (Lipinski definition) is 5. The van der Waals surface area contributed by atoms with E-state index in [1.165, 1.54) is 7.11 Å². The lowest BCUT2D eigenvalue weighted by Gasteiger charge is -2.23. The minimum atomic E-state index is -1.73. The molecule has 3 aromatic rings. The highest BCUT2D eigenvalue weighted by molar-refractivity contribution is 5.94. The van der Waals surface area contributed by atoms with Crippen LogP contribution in [0.1, 0.15) is 37.5 Å². The average Bonchev–Trinajstić information content (AvgIpc) is 2.88. The number of aryl methyl sites for hydroxylation is 2. The summed E-state index contributed by atoms with van der Waals surface area (Å²) in [6, 6.07) is 9.82. The van der Waals surface area contributed by atoms with Crippen molar-refractivity contribution in [2.75, 3.05) is 13.7 Å². The smallest absolute Gasteiger partial charge is 0.337 e. The van der Waals surface area contributed by atoms with Crippen LogP contribution in [0.25, 0.3) is 11.0 Å². The third-order valence-corrected chi connectivity index (χ3v) is 5.92. The number of aliphatic hydroxyl groups excluding tert-OH is 4. The van der Waals surface area contributed by atoms with E-state index in [4.69, 9.17) is 9.84 Å². The first-order valence-corrected chi connectivity index (χ1v) is 11.2. The van der Waals surface area contributed by atoms with Crippen molar-refractivity contribution in [3.8, 4) is 0 Å². The number of ether oxygens (including phenoxy) is 1. The molecule has 0 aliphatic rings. The van der Waals surface area contributed by atoms with Crippen molar-refractivity contribution in [1.29, 1.82) is 0 Å². The van der Waals surface area contributed by atoms with Gasteiger partial charge in [-0.25, -0.2) is 9.78 Å². The summed E-state index contributed by atoms with van der Waals surface area (Å²) >= 11 is 0. The number of amides is 1. The maximum atomic E-state index is 13.3. The number of hydrogen-bond acceptors (Lipinski definition) is 9. The van der Waals surface area contributed by atoms with Gasteiger partial charge in [-0.1, -0.05) is 12.1 Å². The van der Waals surface area contributed by atoms with Gasteiger partial charge in [0, 0.05) is 6.54 Å². The lowest BCUT2D eigenvalue weighted by Crippen LogP contribution is -2.44. The fourth-order valence-corrected chi connectivity index (χ4v) is 3.68. The molecule has 5 N–H and O–H groups in total. The van der Waals surface area contributed by atoms with Gasteiger partial charge >= 0.3 is 5.97 Å². The van der Waals surface area contributed by atoms with E-state index in [0.717, 1.165) is 15.7 Å². The monoisotopic (exact) mass is 499 g/mol. The summed E-state index contributed by atoms with van der Waals surface area (Å²) in [4.78, 5) is 42.3. The summed E-state index contributed by atoms with van der Waals surface area (Å²) < 4.78 is 5.81. The van der Waals surface area contributed by atoms with Crippen molar-refractivity contribution in [1.82, 2.24) is 14.9 Å². The molecule has 0 spiro atoms. The van der Waals surface area contributed by atoms with Crippen molar-refractivity contribution in [2.45, 2.75) is 45.2 Å². The quantitative estimate of drug-likeness (QED) is 0.250. The average molecular weight is 500 g/mol. The Balaban J connectivity index is 1.97. The van der Waals surface area contributed by atoms with Crippen molar-refractivity contribution < 1.29 is 34.8 Å². The fraction of sp³-hybridized carbons (Fsp3) is 0.360. The zero-order chi connectivity index (χ0) is 26.6. The van der Waals surface area contributed by atoms with Gasteiger partial charge < -0.3 is 35.0 Å². The summed E-state index contributed by atoms with van der Waals surface area (Å²) in [5, 5.41) is 41.8. The van der Waals surface area contributed by atoms with Crippen LogP contribution < -0.4 is 10.9 Å². The molecule has 0 fully saturated rings. The van der Waals surface area contributed by atoms with Gasteiger partial charge in [0.15, 0.2) is 5.69 Å². The van der Waals surface area contributed by atoms with Gasteiger partial charge in [-0.3, -0.25) is 9.59 Å². The molecule has 0 aliphatic carbocycles. The Morgan fingerprint density at radius 2 is 1.78 bits per heavy atom. The molecule has 1 heterocycles. The molecular formula is C25H29N3O8. The van der Waals surface area contributed by atoms with Gasteiger partial charge in [-0.05, 0) is 54.8 Å². The third kappa shape index (κ3) is 5.77. The topological polar surface area (TPSA) is 171 Å². The van der Waals surface area contributed by atoms with Crippen LogP contribution in [0, 0.1) is 13.8 Å². The van der Waals surface area contributed by atoms with Gasteiger partial charge in [-0.15, -0.1) is 0 Å². The summed E-state index contributed by atoms with van der Waals surface area (Å²) in [5.41, 5.74) is 2.01. The normalized spacial score (nSPS) is 13.8. The molecule has 36 heavy (non-hydrogen) atoms. The number of nitrogens with zero attached hydrogens (tertiary/aromatic N) is 2. The van der Waals surface area contributed by atoms with Gasteiger partial charge in [0.05, 0.1) is 36.9 Å². The molecule has 3 atom stereocenters. The van der Waals surface area contributed by atoms with Crippen LogP contribution in [0.2, 0.25) is 0 Å². The second-order valence-electron chi connectivity index (χ2n) is 8.48. The fourth-order valence-electron chi connectivity index (χ4n) is 3.68. The second-order valence-corrected chi connectivity index (χ2v) is 8.48. The number of benzene rings is 2. The number of fused-ring (bicyclic) bond motifs is 1. The van der Waals surface area contributed by atoms with Gasteiger partial charge in [0.25, 0.3) is 11.5 Å². The highest BCUT2D eigenvalue weighted by atomic mass is 16.5.